The van der Waals surface area contributed by atoms with Crippen LogP contribution in [0.1, 0.15) is 53.2 Å². The predicted molar refractivity (Wildman–Crippen MR) is 130 cm³/mol. The molecular weight excluding hydrogens is 473 g/mol. The van der Waals surface area contributed by atoms with E-state index in [1.54, 1.807) is 18.3 Å². The van der Waals surface area contributed by atoms with Crippen LogP contribution in [0.2, 0.25) is 0 Å². The molecule has 2 bridgehead atoms. The molecule has 1 aromatic carbocycles. The maximum atomic E-state index is 14.5. The number of ether oxygens (including phenoxy) is 1. The van der Waals surface area contributed by atoms with Gasteiger partial charge in [-0.05, 0) is 67.0 Å². The average molecular weight is 498 g/mol. The van der Waals surface area contributed by atoms with Gasteiger partial charge in [0.15, 0.2) is 5.16 Å². The number of thiazole rings is 1. The summed E-state index contributed by atoms with van der Waals surface area (Å²) in [5.41, 5.74) is 9.87. The molecule has 0 amide bonds. The van der Waals surface area contributed by atoms with Gasteiger partial charge in [-0.25, -0.2) is 24.1 Å². The lowest BCUT2D eigenvalue weighted by Gasteiger charge is -2.25. The largest absolute Gasteiger partial charge is 0.464 e. The lowest BCUT2D eigenvalue weighted by molar-refractivity contribution is 0.0600. The van der Waals surface area contributed by atoms with Crippen LogP contribution in [0.25, 0.3) is 21.9 Å². The van der Waals surface area contributed by atoms with Gasteiger partial charge in [0.05, 0.1) is 28.7 Å². The number of hydrogen-bond acceptors (Lipinski definition) is 8. The van der Waals surface area contributed by atoms with Gasteiger partial charge < -0.3 is 15.5 Å². The second-order valence-corrected chi connectivity index (χ2v) is 11.5. The molecule has 1 unspecified atom stereocenters. The molecule has 2 aliphatic rings. The molecule has 6 rings (SSSR count). The van der Waals surface area contributed by atoms with Gasteiger partial charge in [0, 0.05) is 22.7 Å². The van der Waals surface area contributed by atoms with E-state index in [0.717, 1.165) is 51.0 Å². The Balaban J connectivity index is 1.50. The number of nitrogens with one attached hydrogen (secondary N) is 1. The summed E-state index contributed by atoms with van der Waals surface area (Å²) in [7, 11) is 1.34. The summed E-state index contributed by atoms with van der Waals surface area (Å²) in [6.45, 7) is 2.02. The number of carbonyl (C=O) groups excluding carboxylic acids is 1. The van der Waals surface area contributed by atoms with Crippen molar-refractivity contribution in [2.24, 2.45) is 17.6 Å². The number of esters is 1. The number of nitrogens with zero attached hydrogens (tertiary/aromatic N) is 3. The molecule has 3 N–H and O–H groups in total. The molecule has 3 aromatic heterocycles. The maximum Gasteiger partial charge on any atom is 0.367 e. The maximum absolute atomic E-state index is 14.5. The molecule has 3 heterocycles. The van der Waals surface area contributed by atoms with E-state index >= 15 is 0 Å². The van der Waals surface area contributed by atoms with E-state index in [1.165, 1.54) is 30.2 Å². The average Bonchev–Trinajstić information content (AvgIpc) is 3.60. The molecule has 4 aromatic rings. The first kappa shape index (κ1) is 21.9. The summed E-state index contributed by atoms with van der Waals surface area (Å²) in [5.74, 6) is 0.554. The molecule has 0 saturated heterocycles. The zero-order chi connectivity index (χ0) is 23.6. The number of aromatic amines is 1. The quantitative estimate of drug-likeness (QED) is 0.294. The van der Waals surface area contributed by atoms with Crippen molar-refractivity contribution >= 4 is 51.0 Å². The zero-order valence-electron chi connectivity index (χ0n) is 18.8. The fourth-order valence-electron chi connectivity index (χ4n) is 5.77. The molecule has 0 aliphatic heterocycles. The summed E-state index contributed by atoms with van der Waals surface area (Å²) in [6.07, 6.45) is 5.47. The number of hydrogen-bond donors (Lipinski definition) is 2. The standard InChI is InChI=1S/C24H24FN5O2S2/c1-3-10-5-13(25)8-15-18-20(14-6-12-4-11(14)7-16(12)26)29-24(30-21(18)28-19(10)15)34-17-9-27-22(33-17)23(31)32-2/h5,8-9,11-12,14,16H,3-4,6-7,26H2,1-2H3,(H,28,29,30)/t11-,12-,14?,16-/m1/s1. The Hall–Kier alpha value is -2.56. The van der Waals surface area contributed by atoms with Crippen molar-refractivity contribution in [1.29, 1.82) is 0 Å². The van der Waals surface area contributed by atoms with E-state index < -0.39 is 5.97 Å². The highest BCUT2D eigenvalue weighted by Crippen LogP contribution is 2.53. The molecule has 4 atom stereocenters. The number of carbonyl (C=O) groups is 1. The van der Waals surface area contributed by atoms with Crippen LogP contribution in [0.5, 0.6) is 0 Å². The first-order valence-electron chi connectivity index (χ1n) is 11.4. The zero-order valence-corrected chi connectivity index (χ0v) is 20.4. The van der Waals surface area contributed by atoms with Crippen LogP contribution in [-0.2, 0) is 11.2 Å². The molecule has 10 heteroatoms. The van der Waals surface area contributed by atoms with Gasteiger partial charge in [-0.2, -0.15) is 0 Å². The number of methoxy groups -OCH3 is 1. The van der Waals surface area contributed by atoms with Crippen LogP contribution in [-0.4, -0.2) is 39.1 Å². The Kier molecular flexibility index (Phi) is 5.34. The number of rotatable bonds is 5. The number of halogens is 1. The van der Waals surface area contributed by atoms with Crippen molar-refractivity contribution < 1.29 is 13.9 Å². The Morgan fingerprint density at radius 3 is 2.85 bits per heavy atom. The predicted octanol–water partition coefficient (Wildman–Crippen LogP) is 5.05. The Morgan fingerprint density at radius 2 is 2.15 bits per heavy atom. The first-order chi connectivity index (χ1) is 16.4. The highest BCUT2D eigenvalue weighted by molar-refractivity contribution is 8.01. The highest BCUT2D eigenvalue weighted by atomic mass is 32.2. The number of H-pyrrole nitrogens is 1. The lowest BCUT2D eigenvalue weighted by Crippen LogP contribution is -2.29. The first-order valence-corrected chi connectivity index (χ1v) is 13.1. The summed E-state index contributed by atoms with van der Waals surface area (Å²) in [6, 6.07) is 3.44. The Labute approximate surface area is 203 Å². The summed E-state index contributed by atoms with van der Waals surface area (Å²) in [5, 5.41) is 2.64. The van der Waals surface area contributed by atoms with Crippen molar-refractivity contribution in [2.45, 2.75) is 53.9 Å². The van der Waals surface area contributed by atoms with Crippen molar-refractivity contribution in [3.8, 4) is 0 Å². The topological polar surface area (TPSA) is 107 Å². The molecule has 0 spiro atoms. The monoisotopic (exact) mass is 497 g/mol. The number of benzene rings is 1. The van der Waals surface area contributed by atoms with Crippen LogP contribution < -0.4 is 5.73 Å². The molecule has 2 saturated carbocycles. The number of aromatic nitrogens is 4. The van der Waals surface area contributed by atoms with Gasteiger partial charge in [-0.3, -0.25) is 0 Å². The highest BCUT2D eigenvalue weighted by Gasteiger charge is 2.46. The third-order valence-corrected chi connectivity index (χ3v) is 9.24. The van der Waals surface area contributed by atoms with Gasteiger partial charge in [-0.15, -0.1) is 11.3 Å². The number of nitrogens with two attached hydrogens (primary N) is 1. The van der Waals surface area contributed by atoms with Crippen molar-refractivity contribution in [2.75, 3.05) is 7.11 Å². The summed E-state index contributed by atoms with van der Waals surface area (Å²) < 4.78 is 20.1. The van der Waals surface area contributed by atoms with E-state index in [9.17, 15) is 9.18 Å². The van der Waals surface area contributed by atoms with E-state index in [-0.39, 0.29) is 17.8 Å². The molecule has 176 valence electrons. The van der Waals surface area contributed by atoms with Crippen LogP contribution in [0.4, 0.5) is 4.39 Å². The fraction of sp³-hybridized carbons (Fsp3) is 0.417. The van der Waals surface area contributed by atoms with Crippen molar-refractivity contribution in [3.63, 3.8) is 0 Å². The van der Waals surface area contributed by atoms with Crippen LogP contribution in [0, 0.1) is 17.7 Å². The second kappa shape index (κ2) is 8.28. The van der Waals surface area contributed by atoms with E-state index in [4.69, 9.17) is 20.4 Å². The normalized spacial score (nSPS) is 23.9. The minimum absolute atomic E-state index is 0.246. The second-order valence-electron chi connectivity index (χ2n) is 9.16. The minimum atomic E-state index is -0.461. The van der Waals surface area contributed by atoms with Crippen LogP contribution in [0.3, 0.4) is 0 Å². The molecule has 7 nitrogen and oxygen atoms in total. The van der Waals surface area contributed by atoms with Gasteiger partial charge in [0.1, 0.15) is 11.5 Å². The molecule has 0 radical (unpaired) electrons. The molecule has 2 fully saturated rings. The van der Waals surface area contributed by atoms with Crippen LogP contribution >= 0.6 is 23.1 Å². The minimum Gasteiger partial charge on any atom is -0.464 e. The van der Waals surface area contributed by atoms with Crippen LogP contribution in [0.15, 0.2) is 27.7 Å². The van der Waals surface area contributed by atoms with Gasteiger partial charge in [0.2, 0.25) is 5.01 Å². The number of aryl methyl sites for hydroxylation is 1. The SMILES string of the molecule is CCc1cc(F)cc2c1[nH]c1nc(Sc3cnc(C(=O)OC)s3)nc(C3C[C@H]4C[C@@H]3C[C@H]4N)c12. The van der Waals surface area contributed by atoms with E-state index in [1.807, 2.05) is 6.92 Å². The van der Waals surface area contributed by atoms with Gasteiger partial charge in [0.25, 0.3) is 0 Å². The van der Waals surface area contributed by atoms with E-state index in [2.05, 4.69) is 9.97 Å². The van der Waals surface area contributed by atoms with Crippen molar-refractivity contribution in [3.05, 3.63) is 40.4 Å². The summed E-state index contributed by atoms with van der Waals surface area (Å²) >= 11 is 2.63. The molecule has 34 heavy (non-hydrogen) atoms. The Bertz CT molecular complexity index is 1430. The third-order valence-electron chi connectivity index (χ3n) is 7.29. The lowest BCUT2D eigenvalue weighted by atomic mass is 9.83. The third kappa shape index (κ3) is 3.50. The molecule has 2 aliphatic carbocycles. The smallest absolute Gasteiger partial charge is 0.367 e. The fourth-order valence-corrected chi connectivity index (χ4v) is 7.53. The number of fused-ring (bicyclic) bond motifs is 5. The van der Waals surface area contributed by atoms with E-state index in [0.29, 0.717) is 34.1 Å². The van der Waals surface area contributed by atoms with Gasteiger partial charge >= 0.3 is 5.97 Å². The van der Waals surface area contributed by atoms with Gasteiger partial charge in [-0.1, -0.05) is 6.92 Å². The van der Waals surface area contributed by atoms with Crippen molar-refractivity contribution in [1.82, 2.24) is 19.9 Å². The summed E-state index contributed by atoms with van der Waals surface area (Å²) in [4.78, 5) is 29.3. The molecular formula is C24H24FN5O2S2. The Morgan fingerprint density at radius 1 is 1.29 bits per heavy atom.